The lowest BCUT2D eigenvalue weighted by molar-refractivity contribution is 0.148. The number of fused-ring (bicyclic) bond motifs is 1. The third kappa shape index (κ3) is 5.37. The molecule has 1 saturated heterocycles. The normalized spacial score (nSPS) is 15.8. The number of likely N-dealkylation sites (tertiary alicyclic amines) is 1. The highest BCUT2D eigenvalue weighted by Crippen LogP contribution is 2.35. The Kier molecular flexibility index (Phi) is 6.96. The molecule has 1 amide bonds. The van der Waals surface area contributed by atoms with Crippen molar-refractivity contribution >= 4 is 11.6 Å². The topological polar surface area (TPSA) is 129 Å². The van der Waals surface area contributed by atoms with E-state index in [4.69, 9.17) is 14.8 Å². The summed E-state index contributed by atoms with van der Waals surface area (Å²) in [4.78, 5) is 26.9. The third-order valence-corrected chi connectivity index (χ3v) is 6.52. The van der Waals surface area contributed by atoms with E-state index in [1.807, 2.05) is 22.6 Å². The number of rotatable bonds is 7. The Morgan fingerprint density at radius 1 is 1.22 bits per heavy atom. The van der Waals surface area contributed by atoms with Gasteiger partial charge in [-0.1, -0.05) is 12.1 Å². The summed E-state index contributed by atoms with van der Waals surface area (Å²) in [6.45, 7) is 2.78. The standard InChI is InChI=1S/C27H27N7O3/c1-33-10-2-3-19(15-33)16-37-26-23-14-29-17-34(23)25(21-8-9-22(30-12-21)13-31-27(35)36)24(32-26)20-6-4-18(11-28)5-7-20/h4-9,12,14,17,19,31H,2-3,10,13,15-16H2,1H3,(H,35,36)/t19-/m1/s1. The molecule has 188 valence electrons. The minimum absolute atomic E-state index is 0.111. The van der Waals surface area contributed by atoms with Gasteiger partial charge in [0.1, 0.15) is 5.52 Å². The van der Waals surface area contributed by atoms with Crippen LogP contribution in [0.2, 0.25) is 0 Å². The number of carbonyl (C=O) groups is 1. The number of hydrogen-bond donors (Lipinski definition) is 2. The first-order chi connectivity index (χ1) is 18.0. The molecule has 4 aromatic rings. The van der Waals surface area contributed by atoms with E-state index in [2.05, 4.69) is 33.3 Å². The summed E-state index contributed by atoms with van der Waals surface area (Å²) in [5, 5.41) is 20.5. The Bertz CT molecular complexity index is 1440. The predicted octanol–water partition coefficient (Wildman–Crippen LogP) is 3.82. The summed E-state index contributed by atoms with van der Waals surface area (Å²) in [5.74, 6) is 0.932. The van der Waals surface area contributed by atoms with Crippen molar-refractivity contribution in [2.24, 2.45) is 5.92 Å². The van der Waals surface area contributed by atoms with Crippen LogP contribution in [0.15, 0.2) is 55.1 Å². The van der Waals surface area contributed by atoms with Crippen LogP contribution >= 0.6 is 0 Å². The monoisotopic (exact) mass is 497 g/mol. The quantitative estimate of drug-likeness (QED) is 0.394. The minimum atomic E-state index is -1.10. The van der Waals surface area contributed by atoms with Crippen molar-refractivity contribution in [1.82, 2.24) is 29.6 Å². The van der Waals surface area contributed by atoms with E-state index in [0.29, 0.717) is 35.4 Å². The van der Waals surface area contributed by atoms with E-state index >= 15 is 0 Å². The highest BCUT2D eigenvalue weighted by Gasteiger charge is 2.22. The largest absolute Gasteiger partial charge is 0.476 e. The van der Waals surface area contributed by atoms with Gasteiger partial charge >= 0.3 is 6.09 Å². The maximum atomic E-state index is 10.8. The molecule has 10 nitrogen and oxygen atoms in total. The summed E-state index contributed by atoms with van der Waals surface area (Å²) >= 11 is 0. The minimum Gasteiger partial charge on any atom is -0.476 e. The van der Waals surface area contributed by atoms with Crippen LogP contribution < -0.4 is 10.1 Å². The molecule has 1 aromatic carbocycles. The lowest BCUT2D eigenvalue weighted by atomic mass is 10.00. The number of nitrogens with one attached hydrogen (secondary N) is 1. The van der Waals surface area contributed by atoms with Crippen molar-refractivity contribution in [3.05, 3.63) is 66.4 Å². The van der Waals surface area contributed by atoms with Crippen LogP contribution in [0.3, 0.4) is 0 Å². The van der Waals surface area contributed by atoms with E-state index < -0.39 is 6.09 Å². The van der Waals surface area contributed by atoms with Crippen LogP contribution in [0.25, 0.3) is 28.0 Å². The Morgan fingerprint density at radius 3 is 2.73 bits per heavy atom. The zero-order valence-corrected chi connectivity index (χ0v) is 20.5. The van der Waals surface area contributed by atoms with Crippen LogP contribution in [0.1, 0.15) is 24.1 Å². The van der Waals surface area contributed by atoms with Gasteiger partial charge in [-0.25, -0.2) is 14.8 Å². The first-order valence-corrected chi connectivity index (χ1v) is 12.1. The molecule has 1 aliphatic rings. The number of benzene rings is 1. The van der Waals surface area contributed by atoms with E-state index in [1.165, 1.54) is 0 Å². The van der Waals surface area contributed by atoms with Crippen LogP contribution in [0, 0.1) is 17.2 Å². The van der Waals surface area contributed by atoms with E-state index in [-0.39, 0.29) is 6.54 Å². The molecule has 1 fully saturated rings. The van der Waals surface area contributed by atoms with Gasteiger partial charge in [0.2, 0.25) is 5.88 Å². The van der Waals surface area contributed by atoms with Crippen LogP contribution in [-0.2, 0) is 6.54 Å². The molecule has 0 saturated carbocycles. The number of piperidine rings is 1. The molecule has 0 bridgehead atoms. The molecule has 0 aliphatic carbocycles. The molecule has 1 atom stereocenters. The van der Waals surface area contributed by atoms with Gasteiger partial charge in [-0.05, 0) is 50.7 Å². The highest BCUT2D eigenvalue weighted by molar-refractivity contribution is 5.82. The second-order valence-electron chi connectivity index (χ2n) is 9.23. The maximum Gasteiger partial charge on any atom is 0.404 e. The number of hydrogen-bond acceptors (Lipinski definition) is 7. The molecule has 4 heterocycles. The Morgan fingerprint density at radius 2 is 2.03 bits per heavy atom. The number of aromatic nitrogens is 4. The predicted molar refractivity (Wildman–Crippen MR) is 137 cm³/mol. The zero-order chi connectivity index (χ0) is 25.8. The van der Waals surface area contributed by atoms with Crippen LogP contribution in [0.4, 0.5) is 4.79 Å². The molecular formula is C27H27N7O3. The molecule has 0 radical (unpaired) electrons. The summed E-state index contributed by atoms with van der Waals surface area (Å²) in [6, 6.07) is 13.1. The smallest absolute Gasteiger partial charge is 0.404 e. The first-order valence-electron chi connectivity index (χ1n) is 12.1. The molecule has 0 spiro atoms. The van der Waals surface area contributed by atoms with Gasteiger partial charge in [0.25, 0.3) is 0 Å². The first kappa shape index (κ1) is 24.2. The Balaban J connectivity index is 1.56. The summed E-state index contributed by atoms with van der Waals surface area (Å²) in [5.41, 5.74) is 4.95. The molecule has 2 N–H and O–H groups in total. The van der Waals surface area contributed by atoms with Gasteiger partial charge in [0.15, 0.2) is 0 Å². The number of ether oxygens (including phenoxy) is 1. The van der Waals surface area contributed by atoms with E-state index in [0.717, 1.165) is 48.3 Å². The average Bonchev–Trinajstić information content (AvgIpc) is 3.41. The summed E-state index contributed by atoms with van der Waals surface area (Å²) in [7, 11) is 2.13. The lowest BCUT2D eigenvalue weighted by Crippen LogP contribution is -2.34. The fraction of sp³-hybridized carbons (Fsp3) is 0.296. The van der Waals surface area contributed by atoms with Gasteiger partial charge in [-0.15, -0.1) is 0 Å². The van der Waals surface area contributed by atoms with Crippen molar-refractivity contribution in [3.63, 3.8) is 0 Å². The van der Waals surface area contributed by atoms with Gasteiger partial charge in [0, 0.05) is 29.8 Å². The van der Waals surface area contributed by atoms with Gasteiger partial charge in [0.05, 0.1) is 54.4 Å². The maximum absolute atomic E-state index is 10.8. The molecule has 0 unspecified atom stereocenters. The van der Waals surface area contributed by atoms with E-state index in [9.17, 15) is 10.1 Å². The van der Waals surface area contributed by atoms with Crippen molar-refractivity contribution in [2.45, 2.75) is 19.4 Å². The number of nitriles is 1. The Hall–Kier alpha value is -4.49. The van der Waals surface area contributed by atoms with Crippen LogP contribution in [0.5, 0.6) is 5.88 Å². The molecular weight excluding hydrogens is 470 g/mol. The van der Waals surface area contributed by atoms with Crippen LogP contribution in [-0.4, -0.2) is 62.2 Å². The Labute approximate surface area is 214 Å². The van der Waals surface area contributed by atoms with Gasteiger partial charge in [-0.3, -0.25) is 9.38 Å². The average molecular weight is 498 g/mol. The van der Waals surface area contributed by atoms with Crippen molar-refractivity contribution in [2.75, 3.05) is 26.7 Å². The molecule has 10 heteroatoms. The fourth-order valence-corrected chi connectivity index (χ4v) is 4.68. The number of pyridine rings is 1. The molecule has 5 rings (SSSR count). The second-order valence-corrected chi connectivity index (χ2v) is 9.23. The second kappa shape index (κ2) is 10.6. The molecule has 1 aliphatic heterocycles. The fourth-order valence-electron chi connectivity index (χ4n) is 4.68. The number of carboxylic acid groups (broad SMARTS) is 1. The summed E-state index contributed by atoms with van der Waals surface area (Å²) in [6.07, 6.45) is 6.32. The number of amides is 1. The van der Waals surface area contributed by atoms with Gasteiger partial charge < -0.3 is 20.1 Å². The molecule has 3 aromatic heterocycles. The lowest BCUT2D eigenvalue weighted by Gasteiger charge is -2.29. The number of imidazole rings is 1. The number of nitrogens with zero attached hydrogens (tertiary/aromatic N) is 6. The third-order valence-electron chi connectivity index (χ3n) is 6.52. The SMILES string of the molecule is CN1CCC[C@@H](COc2nc(-c3ccc(C#N)cc3)c(-c3ccc(CNC(=O)O)nc3)n3cncc23)C1. The highest BCUT2D eigenvalue weighted by atomic mass is 16.5. The van der Waals surface area contributed by atoms with Gasteiger partial charge in [-0.2, -0.15) is 5.26 Å². The van der Waals surface area contributed by atoms with E-state index in [1.54, 1.807) is 36.9 Å². The molecule has 37 heavy (non-hydrogen) atoms. The summed E-state index contributed by atoms with van der Waals surface area (Å²) < 4.78 is 8.25. The zero-order valence-electron chi connectivity index (χ0n) is 20.5. The van der Waals surface area contributed by atoms with Crippen molar-refractivity contribution in [1.29, 1.82) is 5.26 Å². The van der Waals surface area contributed by atoms with Crippen molar-refractivity contribution < 1.29 is 14.6 Å². The van der Waals surface area contributed by atoms with Crippen molar-refractivity contribution in [3.8, 4) is 34.5 Å².